The Morgan fingerprint density at radius 1 is 1.00 bits per heavy atom. The van der Waals surface area contributed by atoms with Gasteiger partial charge in [0.1, 0.15) is 0 Å². The Balaban J connectivity index is 1.82. The molecule has 0 radical (unpaired) electrons. The first-order valence-corrected chi connectivity index (χ1v) is 5.58. The van der Waals surface area contributed by atoms with Gasteiger partial charge in [-0.25, -0.2) is 0 Å². The zero-order chi connectivity index (χ0) is 8.13. The molecule has 0 aromatic heterocycles. The Morgan fingerprint density at radius 3 is 2.75 bits per heavy atom. The molecule has 0 spiro atoms. The van der Waals surface area contributed by atoms with Gasteiger partial charge in [-0.1, -0.05) is 6.92 Å². The van der Waals surface area contributed by atoms with Crippen LogP contribution in [0.25, 0.3) is 0 Å². The zero-order valence-corrected chi connectivity index (χ0v) is 8.00. The lowest BCUT2D eigenvalue weighted by molar-refractivity contribution is 0.127. The largest absolute Gasteiger partial charge is 0.297 e. The van der Waals surface area contributed by atoms with Crippen molar-refractivity contribution >= 4 is 0 Å². The first-order valence-electron chi connectivity index (χ1n) is 5.58. The van der Waals surface area contributed by atoms with Gasteiger partial charge in [-0.05, 0) is 43.9 Å². The maximum absolute atomic E-state index is 2.83. The summed E-state index contributed by atoms with van der Waals surface area (Å²) in [5.41, 5.74) is 0. The van der Waals surface area contributed by atoms with E-state index in [2.05, 4.69) is 11.8 Å². The molecule has 3 fully saturated rings. The van der Waals surface area contributed by atoms with E-state index < -0.39 is 0 Å². The quantitative estimate of drug-likeness (QED) is 0.532. The highest BCUT2D eigenvalue weighted by molar-refractivity contribution is 4.98. The second-order valence-electron chi connectivity index (χ2n) is 5.26. The molecule has 1 nitrogen and oxygen atoms in total. The molecular formula is C11H19N. The predicted octanol–water partition coefficient (Wildman–Crippen LogP) is 2.27. The van der Waals surface area contributed by atoms with Crippen LogP contribution in [0.3, 0.4) is 0 Å². The van der Waals surface area contributed by atoms with Gasteiger partial charge in [0.05, 0.1) is 0 Å². The van der Waals surface area contributed by atoms with E-state index in [4.69, 9.17) is 0 Å². The van der Waals surface area contributed by atoms with Crippen LogP contribution < -0.4 is 0 Å². The lowest BCUT2D eigenvalue weighted by Crippen LogP contribution is -2.41. The molecule has 0 aromatic carbocycles. The lowest BCUT2D eigenvalue weighted by Gasteiger charge is -2.35. The van der Waals surface area contributed by atoms with E-state index in [9.17, 15) is 0 Å². The van der Waals surface area contributed by atoms with E-state index in [-0.39, 0.29) is 0 Å². The van der Waals surface area contributed by atoms with Crippen LogP contribution in [0.5, 0.6) is 0 Å². The SMILES string of the molecule is CC1CC2CC3CCC(C3)N2C1. The fourth-order valence-electron chi connectivity index (χ4n) is 3.81. The maximum Gasteiger partial charge on any atom is 0.0104 e. The van der Waals surface area contributed by atoms with E-state index in [1.807, 2.05) is 0 Å². The minimum absolute atomic E-state index is 0.981. The molecule has 68 valence electrons. The summed E-state index contributed by atoms with van der Waals surface area (Å²) >= 11 is 0. The second kappa shape index (κ2) is 2.47. The van der Waals surface area contributed by atoms with Crippen molar-refractivity contribution in [2.45, 2.75) is 51.1 Å². The van der Waals surface area contributed by atoms with Gasteiger partial charge in [0.15, 0.2) is 0 Å². The third-order valence-electron chi connectivity index (χ3n) is 4.25. The molecule has 0 aromatic rings. The molecule has 0 amide bonds. The minimum Gasteiger partial charge on any atom is -0.297 e. The van der Waals surface area contributed by atoms with Crippen LogP contribution in [-0.2, 0) is 0 Å². The van der Waals surface area contributed by atoms with Crippen molar-refractivity contribution in [3.63, 3.8) is 0 Å². The third-order valence-corrected chi connectivity index (χ3v) is 4.25. The Bertz CT molecular complexity index is 189. The van der Waals surface area contributed by atoms with Crippen molar-refractivity contribution in [2.75, 3.05) is 6.54 Å². The number of hydrogen-bond acceptors (Lipinski definition) is 1. The Kier molecular flexibility index (Phi) is 1.52. The van der Waals surface area contributed by atoms with Crippen molar-refractivity contribution in [1.29, 1.82) is 0 Å². The van der Waals surface area contributed by atoms with Crippen LogP contribution >= 0.6 is 0 Å². The van der Waals surface area contributed by atoms with Crippen LogP contribution in [0.2, 0.25) is 0 Å². The topological polar surface area (TPSA) is 3.24 Å². The van der Waals surface area contributed by atoms with Gasteiger partial charge in [-0.3, -0.25) is 4.90 Å². The minimum atomic E-state index is 0.981. The van der Waals surface area contributed by atoms with Crippen LogP contribution in [0, 0.1) is 11.8 Å². The molecule has 1 aliphatic carbocycles. The fraction of sp³-hybridized carbons (Fsp3) is 1.00. The van der Waals surface area contributed by atoms with E-state index in [1.165, 1.54) is 38.6 Å². The summed E-state index contributed by atoms with van der Waals surface area (Å²) in [4.78, 5) is 2.83. The van der Waals surface area contributed by atoms with Gasteiger partial charge >= 0.3 is 0 Å². The average Bonchev–Trinajstić information content (AvgIpc) is 2.57. The molecule has 0 N–H and O–H groups in total. The zero-order valence-electron chi connectivity index (χ0n) is 8.00. The van der Waals surface area contributed by atoms with Gasteiger partial charge in [0.2, 0.25) is 0 Å². The number of nitrogens with zero attached hydrogens (tertiary/aromatic N) is 1. The molecule has 1 saturated carbocycles. The summed E-state index contributed by atoms with van der Waals surface area (Å²) in [6.45, 7) is 3.83. The van der Waals surface area contributed by atoms with Crippen molar-refractivity contribution in [2.24, 2.45) is 11.8 Å². The Hall–Kier alpha value is -0.0400. The predicted molar refractivity (Wildman–Crippen MR) is 50.0 cm³/mol. The summed E-state index contributed by atoms with van der Waals surface area (Å²) in [5.74, 6) is 2.09. The number of hydrogen-bond donors (Lipinski definition) is 0. The average molecular weight is 165 g/mol. The van der Waals surface area contributed by atoms with Crippen LogP contribution in [0.1, 0.15) is 39.0 Å². The van der Waals surface area contributed by atoms with Crippen molar-refractivity contribution in [3.8, 4) is 0 Å². The Morgan fingerprint density at radius 2 is 1.83 bits per heavy atom. The third kappa shape index (κ3) is 0.953. The number of rotatable bonds is 0. The highest BCUT2D eigenvalue weighted by atomic mass is 15.2. The van der Waals surface area contributed by atoms with Gasteiger partial charge in [0, 0.05) is 18.6 Å². The van der Waals surface area contributed by atoms with Gasteiger partial charge in [-0.2, -0.15) is 0 Å². The summed E-state index contributed by atoms with van der Waals surface area (Å²) in [6, 6.07) is 1.99. The molecule has 2 bridgehead atoms. The highest BCUT2D eigenvalue weighted by Gasteiger charge is 2.43. The van der Waals surface area contributed by atoms with Crippen LogP contribution in [-0.4, -0.2) is 23.5 Å². The molecule has 12 heavy (non-hydrogen) atoms. The number of piperidine rings is 1. The van der Waals surface area contributed by atoms with Crippen LogP contribution in [0.4, 0.5) is 0 Å². The fourth-order valence-corrected chi connectivity index (χ4v) is 3.81. The molecule has 4 unspecified atom stereocenters. The molecule has 1 heteroatoms. The standard InChI is InChI=1S/C11H19N/c1-8-4-11-6-9-2-3-10(5-9)12(11)7-8/h8-11H,2-7H2,1H3. The van der Waals surface area contributed by atoms with Crippen molar-refractivity contribution in [3.05, 3.63) is 0 Å². The van der Waals surface area contributed by atoms with Gasteiger partial charge < -0.3 is 0 Å². The van der Waals surface area contributed by atoms with Crippen molar-refractivity contribution in [1.82, 2.24) is 4.90 Å². The summed E-state index contributed by atoms with van der Waals surface area (Å²) in [7, 11) is 0. The first kappa shape index (κ1) is 7.37. The van der Waals surface area contributed by atoms with E-state index >= 15 is 0 Å². The molecule has 4 atom stereocenters. The summed E-state index contributed by atoms with van der Waals surface area (Å²) < 4.78 is 0. The van der Waals surface area contributed by atoms with E-state index in [1.54, 1.807) is 0 Å². The first-order chi connectivity index (χ1) is 5.83. The maximum atomic E-state index is 2.83. The van der Waals surface area contributed by atoms with E-state index in [0.717, 1.165) is 23.9 Å². The summed E-state index contributed by atoms with van der Waals surface area (Å²) in [5, 5.41) is 0. The smallest absolute Gasteiger partial charge is 0.0104 e. The molecule has 3 aliphatic rings. The lowest BCUT2D eigenvalue weighted by atomic mass is 9.92. The van der Waals surface area contributed by atoms with Gasteiger partial charge in [0.25, 0.3) is 0 Å². The summed E-state index contributed by atoms with van der Waals surface area (Å²) in [6.07, 6.45) is 7.59. The normalized spacial score (nSPS) is 52.8. The van der Waals surface area contributed by atoms with Gasteiger partial charge in [-0.15, -0.1) is 0 Å². The van der Waals surface area contributed by atoms with E-state index in [0.29, 0.717) is 0 Å². The number of fused-ring (bicyclic) bond motifs is 4. The molecule has 2 aliphatic heterocycles. The highest BCUT2D eigenvalue weighted by Crippen LogP contribution is 2.44. The van der Waals surface area contributed by atoms with Crippen molar-refractivity contribution < 1.29 is 0 Å². The molecular weight excluding hydrogens is 146 g/mol. The Labute approximate surface area is 75.1 Å². The second-order valence-corrected chi connectivity index (χ2v) is 5.26. The van der Waals surface area contributed by atoms with Crippen LogP contribution in [0.15, 0.2) is 0 Å². The molecule has 2 heterocycles. The molecule has 3 rings (SSSR count). The monoisotopic (exact) mass is 165 g/mol. The molecule has 2 saturated heterocycles.